The Bertz CT molecular complexity index is 1080. The molecule has 0 saturated carbocycles. The van der Waals surface area contributed by atoms with E-state index in [0.29, 0.717) is 15.9 Å². The molecule has 0 spiro atoms. The number of ether oxygens (including phenoxy) is 1. The van der Waals surface area contributed by atoms with E-state index in [1.807, 2.05) is 0 Å². The first-order valence-corrected chi connectivity index (χ1v) is 8.45. The van der Waals surface area contributed by atoms with E-state index in [1.54, 1.807) is 38.1 Å². The van der Waals surface area contributed by atoms with Gasteiger partial charge in [0, 0.05) is 11.1 Å². The van der Waals surface area contributed by atoms with Gasteiger partial charge in [0.1, 0.15) is 6.61 Å². The van der Waals surface area contributed by atoms with Gasteiger partial charge in [0.25, 0.3) is 5.56 Å². The van der Waals surface area contributed by atoms with E-state index < -0.39 is 11.7 Å². The Hall–Kier alpha value is -2.86. The van der Waals surface area contributed by atoms with E-state index in [2.05, 4.69) is 4.98 Å². The maximum atomic E-state index is 12.4. The fourth-order valence-electron chi connectivity index (χ4n) is 2.64. The van der Waals surface area contributed by atoms with Crippen LogP contribution >= 0.6 is 11.6 Å². The van der Waals surface area contributed by atoms with E-state index >= 15 is 0 Å². The molecule has 0 amide bonds. The van der Waals surface area contributed by atoms with Gasteiger partial charge >= 0.3 is 11.7 Å². The first-order valence-electron chi connectivity index (χ1n) is 8.07. The van der Waals surface area contributed by atoms with Gasteiger partial charge < -0.3 is 9.72 Å². The number of rotatable bonds is 4. The lowest BCUT2D eigenvalue weighted by molar-refractivity contribution is 0.0473. The van der Waals surface area contributed by atoms with E-state index in [0.717, 1.165) is 10.1 Å². The second-order valence-corrected chi connectivity index (χ2v) is 6.60. The molecule has 2 aromatic carbocycles. The van der Waals surface area contributed by atoms with Crippen molar-refractivity contribution in [2.45, 2.75) is 26.5 Å². The van der Waals surface area contributed by atoms with Gasteiger partial charge in [-0.05, 0) is 49.7 Å². The van der Waals surface area contributed by atoms with Crippen LogP contribution in [-0.4, -0.2) is 15.5 Å². The molecule has 3 aromatic rings. The molecule has 0 radical (unpaired) electrons. The van der Waals surface area contributed by atoms with Crippen LogP contribution in [0, 0.1) is 0 Å². The molecule has 0 aliphatic carbocycles. The van der Waals surface area contributed by atoms with E-state index in [4.69, 9.17) is 16.3 Å². The minimum atomic E-state index is -0.546. The topological polar surface area (TPSA) is 81.2 Å². The van der Waals surface area contributed by atoms with Crippen molar-refractivity contribution in [1.82, 2.24) is 9.55 Å². The number of hydrogen-bond donors (Lipinski definition) is 1. The van der Waals surface area contributed by atoms with Crippen molar-refractivity contribution in [2.24, 2.45) is 0 Å². The highest BCUT2D eigenvalue weighted by atomic mass is 35.5. The number of aromatic nitrogens is 2. The van der Waals surface area contributed by atoms with Gasteiger partial charge in [-0.25, -0.2) is 9.59 Å². The third-order valence-corrected chi connectivity index (χ3v) is 4.22. The second-order valence-electron chi connectivity index (χ2n) is 6.16. The van der Waals surface area contributed by atoms with Crippen molar-refractivity contribution in [2.75, 3.05) is 0 Å². The smallest absolute Gasteiger partial charge is 0.338 e. The SMILES string of the molecule is CC(C)n1c(=O)[nH]c2cc(C(=O)OCc3ccc(Cl)cc3)ccc2c1=O. The molecule has 1 heterocycles. The zero-order chi connectivity index (χ0) is 18.8. The van der Waals surface area contributed by atoms with Gasteiger partial charge in [0.15, 0.2) is 0 Å². The monoisotopic (exact) mass is 372 g/mol. The summed E-state index contributed by atoms with van der Waals surface area (Å²) in [6.07, 6.45) is 0. The highest BCUT2D eigenvalue weighted by molar-refractivity contribution is 6.30. The van der Waals surface area contributed by atoms with Gasteiger partial charge in [-0.2, -0.15) is 0 Å². The molecular formula is C19H17ClN2O4. The van der Waals surface area contributed by atoms with Gasteiger partial charge in [-0.15, -0.1) is 0 Å². The van der Waals surface area contributed by atoms with Crippen LogP contribution < -0.4 is 11.2 Å². The minimum absolute atomic E-state index is 0.0967. The van der Waals surface area contributed by atoms with Crippen LogP contribution in [0.1, 0.15) is 35.8 Å². The summed E-state index contributed by atoms with van der Waals surface area (Å²) >= 11 is 5.82. The molecule has 3 rings (SSSR count). The largest absolute Gasteiger partial charge is 0.457 e. The highest BCUT2D eigenvalue weighted by Gasteiger charge is 2.13. The summed E-state index contributed by atoms with van der Waals surface area (Å²) in [5.74, 6) is -0.546. The molecule has 1 N–H and O–H groups in total. The molecule has 0 aliphatic heterocycles. The van der Waals surface area contributed by atoms with Crippen molar-refractivity contribution in [3.8, 4) is 0 Å². The van der Waals surface area contributed by atoms with E-state index in [1.165, 1.54) is 18.2 Å². The Morgan fingerprint density at radius 3 is 2.50 bits per heavy atom. The predicted octanol–water partition coefficient (Wildman–Crippen LogP) is 3.28. The van der Waals surface area contributed by atoms with Gasteiger partial charge in [-0.1, -0.05) is 23.7 Å². The maximum Gasteiger partial charge on any atom is 0.338 e. The molecule has 0 bridgehead atoms. The highest BCUT2D eigenvalue weighted by Crippen LogP contribution is 2.14. The standard InChI is InChI=1S/C19H17ClN2O4/c1-11(2)22-17(23)15-8-5-13(9-16(15)21-19(22)25)18(24)26-10-12-3-6-14(20)7-4-12/h3-9,11H,10H2,1-2H3,(H,21,25). The van der Waals surface area contributed by atoms with Crippen LogP contribution in [0.5, 0.6) is 0 Å². The molecule has 0 atom stereocenters. The zero-order valence-corrected chi connectivity index (χ0v) is 15.0. The van der Waals surface area contributed by atoms with Crippen LogP contribution in [0.2, 0.25) is 5.02 Å². The van der Waals surface area contributed by atoms with Crippen LogP contribution in [0.3, 0.4) is 0 Å². The summed E-state index contributed by atoms with van der Waals surface area (Å²) in [5.41, 5.74) is 0.461. The lowest BCUT2D eigenvalue weighted by Gasteiger charge is -2.10. The van der Waals surface area contributed by atoms with Gasteiger partial charge in [0.05, 0.1) is 16.5 Å². The third-order valence-electron chi connectivity index (χ3n) is 3.96. The van der Waals surface area contributed by atoms with Crippen molar-refractivity contribution < 1.29 is 9.53 Å². The van der Waals surface area contributed by atoms with Crippen LogP contribution in [0.25, 0.3) is 10.9 Å². The predicted molar refractivity (Wildman–Crippen MR) is 99.8 cm³/mol. The molecule has 0 saturated heterocycles. The lowest BCUT2D eigenvalue weighted by Crippen LogP contribution is -2.36. The summed E-state index contributed by atoms with van der Waals surface area (Å²) in [5, 5.41) is 0.943. The summed E-state index contributed by atoms with van der Waals surface area (Å²) in [4.78, 5) is 39.4. The summed E-state index contributed by atoms with van der Waals surface area (Å²) in [6.45, 7) is 3.61. The fourth-order valence-corrected chi connectivity index (χ4v) is 2.77. The van der Waals surface area contributed by atoms with Gasteiger partial charge in [-0.3, -0.25) is 9.36 Å². The molecule has 6 nitrogen and oxygen atoms in total. The number of fused-ring (bicyclic) bond motifs is 1. The van der Waals surface area contributed by atoms with Crippen molar-refractivity contribution >= 4 is 28.5 Å². The molecule has 0 unspecified atom stereocenters. The Balaban J connectivity index is 1.87. The number of carbonyl (C=O) groups is 1. The zero-order valence-electron chi connectivity index (χ0n) is 14.3. The Morgan fingerprint density at radius 1 is 1.15 bits per heavy atom. The number of hydrogen-bond acceptors (Lipinski definition) is 4. The molecule has 0 fully saturated rings. The Kier molecular flexibility index (Phi) is 4.95. The number of carbonyl (C=O) groups excluding carboxylic acids is 1. The maximum absolute atomic E-state index is 12.4. The van der Waals surface area contributed by atoms with Gasteiger partial charge in [0.2, 0.25) is 0 Å². The molecule has 134 valence electrons. The van der Waals surface area contributed by atoms with Crippen LogP contribution in [-0.2, 0) is 11.3 Å². The third kappa shape index (κ3) is 3.55. The van der Waals surface area contributed by atoms with Crippen molar-refractivity contribution in [1.29, 1.82) is 0 Å². The van der Waals surface area contributed by atoms with E-state index in [9.17, 15) is 14.4 Å². The number of aromatic amines is 1. The molecule has 7 heteroatoms. The number of H-pyrrole nitrogens is 1. The number of esters is 1. The fraction of sp³-hybridized carbons (Fsp3) is 0.211. The molecular weight excluding hydrogens is 356 g/mol. The first-order chi connectivity index (χ1) is 12.4. The molecule has 0 aliphatic rings. The number of halogens is 1. The first kappa shape index (κ1) is 17.9. The number of benzene rings is 2. The Morgan fingerprint density at radius 2 is 1.85 bits per heavy atom. The summed E-state index contributed by atoms with van der Waals surface area (Å²) in [6, 6.07) is 11.2. The van der Waals surface area contributed by atoms with E-state index in [-0.39, 0.29) is 23.8 Å². The molecule has 26 heavy (non-hydrogen) atoms. The van der Waals surface area contributed by atoms with Crippen molar-refractivity contribution in [3.05, 3.63) is 79.5 Å². The van der Waals surface area contributed by atoms with Crippen LogP contribution in [0.15, 0.2) is 52.1 Å². The average molecular weight is 373 g/mol. The Labute approximate surface area is 154 Å². The second kappa shape index (κ2) is 7.17. The van der Waals surface area contributed by atoms with Crippen LogP contribution in [0.4, 0.5) is 0 Å². The number of nitrogens with zero attached hydrogens (tertiary/aromatic N) is 1. The average Bonchev–Trinajstić information content (AvgIpc) is 2.60. The minimum Gasteiger partial charge on any atom is -0.457 e. The molecule has 1 aromatic heterocycles. The normalized spacial score (nSPS) is 11.1. The quantitative estimate of drug-likeness (QED) is 0.712. The number of nitrogens with one attached hydrogen (secondary N) is 1. The van der Waals surface area contributed by atoms with Crippen molar-refractivity contribution in [3.63, 3.8) is 0 Å². The lowest BCUT2D eigenvalue weighted by atomic mass is 10.1. The summed E-state index contributed by atoms with van der Waals surface area (Å²) < 4.78 is 6.41. The summed E-state index contributed by atoms with van der Waals surface area (Å²) in [7, 11) is 0.